The molecule has 2 saturated heterocycles. The van der Waals surface area contributed by atoms with Gasteiger partial charge in [0, 0.05) is 0 Å². The average molecular weight is 405 g/mol. The fraction of sp³-hybridized carbons (Fsp3) is 0.300. The monoisotopic (exact) mass is 404 g/mol. The Morgan fingerprint density at radius 1 is 0.963 bits per heavy atom. The normalized spacial score (nSPS) is 24.6. The smallest absolute Gasteiger partial charge is 0.266 e. The minimum Gasteiger partial charge on any atom is -0.273 e. The van der Waals surface area contributed by atoms with Crippen LogP contribution in [0.5, 0.6) is 0 Å². The summed E-state index contributed by atoms with van der Waals surface area (Å²) in [6, 6.07) is 14.2. The molecule has 4 rings (SSSR count). The standard InChI is InChI=1S/C20H18Cl2N2O3/c1-2-7-15-16-18(27-24(15)12-8-4-3-5-9-12)20(26)23(19(16)25)17-13(21)10-6-11-14(17)22/h3-6,8-11,15-16,18H,2,7H2,1H3/t15-,16+,18-/m0/s1. The molecule has 0 spiro atoms. The lowest BCUT2D eigenvalue weighted by atomic mass is 9.93. The Hall–Kier alpha value is -2.08. The van der Waals surface area contributed by atoms with E-state index in [1.165, 1.54) is 0 Å². The molecule has 27 heavy (non-hydrogen) atoms. The highest BCUT2D eigenvalue weighted by Crippen LogP contribution is 2.44. The fourth-order valence-corrected chi connectivity index (χ4v) is 4.40. The Kier molecular flexibility index (Phi) is 4.84. The number of carbonyl (C=O) groups excluding carboxylic acids is 2. The Bertz CT molecular complexity index is 870. The molecule has 2 amide bonds. The van der Waals surface area contributed by atoms with Crippen LogP contribution >= 0.6 is 23.2 Å². The highest BCUT2D eigenvalue weighted by Gasteiger charge is 2.59. The molecular weight excluding hydrogens is 387 g/mol. The molecule has 0 bridgehead atoms. The third-order valence-corrected chi connectivity index (χ3v) is 5.60. The van der Waals surface area contributed by atoms with E-state index >= 15 is 0 Å². The van der Waals surface area contributed by atoms with Crippen molar-refractivity contribution in [3.63, 3.8) is 0 Å². The summed E-state index contributed by atoms with van der Waals surface area (Å²) < 4.78 is 0. The number of hydrogen-bond donors (Lipinski definition) is 0. The predicted octanol–water partition coefficient (Wildman–Crippen LogP) is 4.47. The lowest BCUT2D eigenvalue weighted by molar-refractivity contribution is -0.126. The van der Waals surface area contributed by atoms with E-state index in [1.54, 1.807) is 23.3 Å². The summed E-state index contributed by atoms with van der Waals surface area (Å²) in [6.45, 7) is 2.04. The van der Waals surface area contributed by atoms with E-state index in [2.05, 4.69) is 0 Å². The van der Waals surface area contributed by atoms with Gasteiger partial charge >= 0.3 is 0 Å². The highest BCUT2D eigenvalue weighted by molar-refractivity contribution is 6.42. The molecule has 0 saturated carbocycles. The minimum atomic E-state index is -0.874. The molecule has 2 heterocycles. The third-order valence-electron chi connectivity index (χ3n) is 4.99. The number of nitrogens with zero attached hydrogens (tertiary/aromatic N) is 2. The van der Waals surface area contributed by atoms with Gasteiger partial charge < -0.3 is 0 Å². The predicted molar refractivity (Wildman–Crippen MR) is 105 cm³/mol. The first-order chi connectivity index (χ1) is 13.0. The first-order valence-electron chi connectivity index (χ1n) is 8.87. The lowest BCUT2D eigenvalue weighted by Gasteiger charge is -2.28. The maximum atomic E-state index is 13.2. The van der Waals surface area contributed by atoms with Crippen molar-refractivity contribution >= 4 is 46.4 Å². The molecular formula is C20H18Cl2N2O3. The number of halogens is 2. The summed E-state index contributed by atoms with van der Waals surface area (Å²) >= 11 is 12.5. The van der Waals surface area contributed by atoms with Crippen LogP contribution in [0.3, 0.4) is 0 Å². The van der Waals surface area contributed by atoms with Crippen molar-refractivity contribution < 1.29 is 14.4 Å². The topological polar surface area (TPSA) is 49.9 Å². The maximum absolute atomic E-state index is 13.2. The van der Waals surface area contributed by atoms with Gasteiger partial charge in [-0.25, -0.2) is 9.96 Å². The second-order valence-corrected chi connectivity index (χ2v) is 7.47. The second kappa shape index (κ2) is 7.15. The molecule has 2 aliphatic rings. The maximum Gasteiger partial charge on any atom is 0.266 e. The van der Waals surface area contributed by atoms with Crippen molar-refractivity contribution in [1.82, 2.24) is 0 Å². The van der Waals surface area contributed by atoms with E-state index in [9.17, 15) is 9.59 Å². The number of benzene rings is 2. The molecule has 0 N–H and O–H groups in total. The summed E-state index contributed by atoms with van der Waals surface area (Å²) in [7, 11) is 0. The van der Waals surface area contributed by atoms with Crippen molar-refractivity contribution in [3.05, 3.63) is 58.6 Å². The van der Waals surface area contributed by atoms with Gasteiger partial charge in [0.2, 0.25) is 5.91 Å². The van der Waals surface area contributed by atoms with Crippen LogP contribution in [0, 0.1) is 5.92 Å². The Morgan fingerprint density at radius 2 is 1.63 bits per heavy atom. The van der Waals surface area contributed by atoms with Crippen molar-refractivity contribution in [1.29, 1.82) is 0 Å². The quantitative estimate of drug-likeness (QED) is 0.705. The number of anilines is 2. The molecule has 2 aromatic carbocycles. The second-order valence-electron chi connectivity index (χ2n) is 6.65. The van der Waals surface area contributed by atoms with Crippen molar-refractivity contribution in [2.45, 2.75) is 31.9 Å². The lowest BCUT2D eigenvalue weighted by Crippen LogP contribution is -2.40. The highest BCUT2D eigenvalue weighted by atomic mass is 35.5. The summed E-state index contributed by atoms with van der Waals surface area (Å²) in [5.74, 6) is -1.35. The average Bonchev–Trinajstić information content (AvgIpc) is 3.14. The van der Waals surface area contributed by atoms with Crippen molar-refractivity contribution in [2.75, 3.05) is 9.96 Å². The van der Waals surface area contributed by atoms with Gasteiger partial charge in [0.15, 0.2) is 6.10 Å². The van der Waals surface area contributed by atoms with Gasteiger partial charge in [0.25, 0.3) is 5.91 Å². The van der Waals surface area contributed by atoms with Crippen LogP contribution in [0.4, 0.5) is 11.4 Å². The molecule has 0 unspecified atom stereocenters. The number of hydroxylamine groups is 1. The summed E-state index contributed by atoms with van der Waals surface area (Å²) in [6.07, 6.45) is 0.704. The van der Waals surface area contributed by atoms with Crippen LogP contribution in [0.15, 0.2) is 48.5 Å². The zero-order valence-electron chi connectivity index (χ0n) is 14.6. The van der Waals surface area contributed by atoms with Crippen LogP contribution in [0.1, 0.15) is 19.8 Å². The van der Waals surface area contributed by atoms with Crippen LogP contribution < -0.4 is 9.96 Å². The van der Waals surface area contributed by atoms with Gasteiger partial charge in [-0.05, 0) is 30.7 Å². The first-order valence-corrected chi connectivity index (χ1v) is 9.63. The minimum absolute atomic E-state index is 0.231. The van der Waals surface area contributed by atoms with Crippen LogP contribution in [0.2, 0.25) is 10.0 Å². The Labute approximate surface area is 167 Å². The van der Waals surface area contributed by atoms with E-state index in [1.807, 2.05) is 37.3 Å². The molecule has 2 aromatic rings. The number of carbonyl (C=O) groups is 2. The van der Waals surface area contributed by atoms with E-state index in [4.69, 9.17) is 28.0 Å². The zero-order chi connectivity index (χ0) is 19.1. The molecule has 2 fully saturated rings. The van der Waals surface area contributed by atoms with Gasteiger partial charge in [-0.2, -0.15) is 0 Å². The SMILES string of the molecule is CCC[C@H]1[C@H]2C(=O)N(c3c(Cl)cccc3Cl)C(=O)[C@H]2ON1c1ccccc1. The van der Waals surface area contributed by atoms with Crippen LogP contribution in [-0.4, -0.2) is 24.0 Å². The molecule has 2 aliphatic heterocycles. The number of imide groups is 1. The zero-order valence-corrected chi connectivity index (χ0v) is 16.2. The number of para-hydroxylation sites is 2. The third kappa shape index (κ3) is 2.90. The van der Waals surface area contributed by atoms with Gasteiger partial charge in [0.1, 0.15) is 0 Å². The van der Waals surface area contributed by atoms with Crippen LogP contribution in [0.25, 0.3) is 0 Å². The molecule has 0 aliphatic carbocycles. The number of hydrogen-bond acceptors (Lipinski definition) is 4. The fourth-order valence-electron chi connectivity index (χ4n) is 3.83. The number of amides is 2. The number of rotatable bonds is 4. The van der Waals surface area contributed by atoms with E-state index in [0.29, 0.717) is 0 Å². The van der Waals surface area contributed by atoms with Gasteiger partial charge in [0.05, 0.1) is 33.4 Å². The molecule has 7 heteroatoms. The van der Waals surface area contributed by atoms with Crippen molar-refractivity contribution in [3.8, 4) is 0 Å². The molecule has 0 aromatic heterocycles. The Balaban J connectivity index is 1.72. The van der Waals surface area contributed by atoms with Gasteiger partial charge in [-0.3, -0.25) is 14.4 Å². The first kappa shape index (κ1) is 18.3. The van der Waals surface area contributed by atoms with E-state index in [-0.39, 0.29) is 27.7 Å². The number of fused-ring (bicyclic) bond motifs is 1. The molecule has 3 atom stereocenters. The van der Waals surface area contributed by atoms with E-state index < -0.39 is 17.9 Å². The summed E-state index contributed by atoms with van der Waals surface area (Å²) in [5.41, 5.74) is 1.06. The largest absolute Gasteiger partial charge is 0.273 e. The molecule has 5 nitrogen and oxygen atoms in total. The van der Waals surface area contributed by atoms with Crippen LogP contribution in [-0.2, 0) is 14.4 Å². The van der Waals surface area contributed by atoms with Gasteiger partial charge in [-0.1, -0.05) is 60.8 Å². The molecule has 0 radical (unpaired) electrons. The summed E-state index contributed by atoms with van der Waals surface area (Å²) in [5, 5.41) is 2.23. The van der Waals surface area contributed by atoms with Crippen molar-refractivity contribution in [2.24, 2.45) is 5.92 Å². The Morgan fingerprint density at radius 3 is 2.26 bits per heavy atom. The summed E-state index contributed by atoms with van der Waals surface area (Å²) in [4.78, 5) is 33.4. The van der Waals surface area contributed by atoms with Gasteiger partial charge in [-0.15, -0.1) is 0 Å². The molecule has 140 valence electrons. The van der Waals surface area contributed by atoms with E-state index in [0.717, 1.165) is 23.4 Å².